The van der Waals surface area contributed by atoms with Crippen molar-refractivity contribution in [3.05, 3.63) is 59.2 Å². The molecule has 0 aliphatic heterocycles. The van der Waals surface area contributed by atoms with Gasteiger partial charge in [0, 0.05) is 17.9 Å². The molecule has 0 saturated heterocycles. The maximum Gasteiger partial charge on any atom is 0.412 e. The third-order valence-corrected chi connectivity index (χ3v) is 4.65. The Bertz CT molecular complexity index is 883. The molecule has 4 N–H and O–H groups in total. The average Bonchev–Trinajstić information content (AvgIpc) is 3.09. The zero-order valence-electron chi connectivity index (χ0n) is 17.4. The van der Waals surface area contributed by atoms with Crippen molar-refractivity contribution in [1.29, 1.82) is 0 Å². The molecular formula is C23H30N4O2. The first kappa shape index (κ1) is 20.7. The number of benzene rings is 2. The molecule has 0 unspecified atom stereocenters. The molecule has 6 heteroatoms. The molecule has 0 heterocycles. The fourth-order valence-electron chi connectivity index (χ4n) is 3.32. The lowest BCUT2D eigenvalue weighted by atomic mass is 10.1. The van der Waals surface area contributed by atoms with Gasteiger partial charge in [0.05, 0.1) is 0 Å². The highest BCUT2D eigenvalue weighted by molar-refractivity contribution is 5.92. The molecule has 0 fully saturated rings. The molecule has 154 valence electrons. The third kappa shape index (κ3) is 6.52. The van der Waals surface area contributed by atoms with E-state index in [0.717, 1.165) is 24.1 Å². The summed E-state index contributed by atoms with van der Waals surface area (Å²) in [5, 5.41) is 5.90. The first-order valence-electron chi connectivity index (χ1n) is 10.1. The van der Waals surface area contributed by atoms with Gasteiger partial charge in [-0.15, -0.1) is 0 Å². The van der Waals surface area contributed by atoms with Crippen LogP contribution in [0, 0.1) is 0 Å². The molecule has 29 heavy (non-hydrogen) atoms. The number of aryl methyl sites for hydroxylation is 2. The van der Waals surface area contributed by atoms with E-state index in [-0.39, 0.29) is 0 Å². The van der Waals surface area contributed by atoms with Gasteiger partial charge in [-0.3, -0.25) is 10.3 Å². The Kier molecular flexibility index (Phi) is 6.42. The van der Waals surface area contributed by atoms with Crippen LogP contribution in [0.2, 0.25) is 0 Å². The van der Waals surface area contributed by atoms with Gasteiger partial charge < -0.3 is 15.8 Å². The third-order valence-electron chi connectivity index (χ3n) is 4.65. The maximum absolute atomic E-state index is 11.8. The van der Waals surface area contributed by atoms with E-state index in [4.69, 9.17) is 10.5 Å². The summed E-state index contributed by atoms with van der Waals surface area (Å²) in [6, 6.07) is 14.0. The summed E-state index contributed by atoms with van der Waals surface area (Å²) >= 11 is 0. The minimum Gasteiger partial charge on any atom is -0.444 e. The quantitative estimate of drug-likeness (QED) is 0.515. The molecule has 1 aliphatic carbocycles. The molecule has 0 aromatic heterocycles. The number of aliphatic imine (C=N–C) groups is 1. The summed E-state index contributed by atoms with van der Waals surface area (Å²) in [4.78, 5) is 16.2. The number of rotatable bonds is 5. The van der Waals surface area contributed by atoms with Crippen molar-refractivity contribution in [2.75, 3.05) is 17.2 Å². The van der Waals surface area contributed by atoms with Gasteiger partial charge in [-0.25, -0.2) is 4.79 Å². The lowest BCUT2D eigenvalue weighted by molar-refractivity contribution is 0.0636. The summed E-state index contributed by atoms with van der Waals surface area (Å²) in [7, 11) is 0. The zero-order valence-corrected chi connectivity index (χ0v) is 17.4. The van der Waals surface area contributed by atoms with E-state index >= 15 is 0 Å². The van der Waals surface area contributed by atoms with Gasteiger partial charge in [0.25, 0.3) is 0 Å². The molecule has 0 radical (unpaired) electrons. The lowest BCUT2D eigenvalue weighted by Gasteiger charge is -2.19. The van der Waals surface area contributed by atoms with E-state index in [2.05, 4.69) is 33.8 Å². The Morgan fingerprint density at radius 2 is 1.72 bits per heavy atom. The fourth-order valence-corrected chi connectivity index (χ4v) is 3.32. The minimum absolute atomic E-state index is 0.422. The van der Waals surface area contributed by atoms with Gasteiger partial charge in [-0.05, 0) is 87.4 Å². The molecule has 1 aliphatic rings. The average molecular weight is 395 g/mol. The van der Waals surface area contributed by atoms with E-state index in [0.29, 0.717) is 18.2 Å². The van der Waals surface area contributed by atoms with E-state index < -0.39 is 11.7 Å². The van der Waals surface area contributed by atoms with Gasteiger partial charge in [0.2, 0.25) is 0 Å². The molecule has 0 saturated carbocycles. The first-order chi connectivity index (χ1) is 13.8. The summed E-state index contributed by atoms with van der Waals surface area (Å²) in [6.07, 6.45) is 3.85. The Hall–Kier alpha value is -3.02. The molecule has 0 atom stereocenters. The van der Waals surface area contributed by atoms with Crippen LogP contribution in [-0.2, 0) is 24.0 Å². The molecule has 3 rings (SSSR count). The number of nitrogens with zero attached hydrogens (tertiary/aromatic N) is 1. The number of fused-ring (bicyclic) bond motifs is 1. The van der Waals surface area contributed by atoms with Crippen molar-refractivity contribution in [1.82, 2.24) is 0 Å². The number of hydrogen-bond acceptors (Lipinski definition) is 3. The Morgan fingerprint density at radius 1 is 1.03 bits per heavy atom. The number of nitrogens with two attached hydrogens (primary N) is 1. The molecule has 1 amide bonds. The molecule has 0 spiro atoms. The van der Waals surface area contributed by atoms with Crippen LogP contribution < -0.4 is 16.4 Å². The Labute approximate surface area is 172 Å². The SMILES string of the molecule is CC(C)(C)OC(=O)Nc1ccc(CCN=C(N)Nc2ccc3c(c2)CCC3)cc1. The van der Waals surface area contributed by atoms with Crippen molar-refractivity contribution in [2.24, 2.45) is 10.7 Å². The maximum atomic E-state index is 11.8. The Morgan fingerprint density at radius 3 is 2.45 bits per heavy atom. The number of ether oxygens (including phenoxy) is 1. The molecule has 6 nitrogen and oxygen atoms in total. The van der Waals surface area contributed by atoms with Crippen LogP contribution in [0.25, 0.3) is 0 Å². The van der Waals surface area contributed by atoms with Crippen LogP contribution in [0.3, 0.4) is 0 Å². The van der Waals surface area contributed by atoms with Crippen LogP contribution in [0.1, 0.15) is 43.9 Å². The number of carbonyl (C=O) groups excluding carboxylic acids is 1. The van der Waals surface area contributed by atoms with Gasteiger partial charge in [-0.2, -0.15) is 0 Å². The van der Waals surface area contributed by atoms with Crippen LogP contribution >= 0.6 is 0 Å². The largest absolute Gasteiger partial charge is 0.444 e. The topological polar surface area (TPSA) is 88.7 Å². The highest BCUT2D eigenvalue weighted by Gasteiger charge is 2.16. The second-order valence-electron chi connectivity index (χ2n) is 8.30. The summed E-state index contributed by atoms with van der Waals surface area (Å²) < 4.78 is 5.25. The molecule has 2 aromatic rings. The number of guanidine groups is 1. The van der Waals surface area contributed by atoms with Crippen LogP contribution in [-0.4, -0.2) is 24.2 Å². The smallest absolute Gasteiger partial charge is 0.412 e. The normalized spacial score (nSPS) is 13.7. The number of nitrogens with one attached hydrogen (secondary N) is 2. The summed E-state index contributed by atoms with van der Waals surface area (Å²) in [5.41, 5.74) is 11.2. The van der Waals surface area contributed by atoms with Gasteiger partial charge >= 0.3 is 6.09 Å². The molecule has 0 bridgehead atoms. The summed E-state index contributed by atoms with van der Waals surface area (Å²) in [5.74, 6) is 0.422. The van der Waals surface area contributed by atoms with E-state index in [1.165, 1.54) is 24.0 Å². The predicted octanol–water partition coefficient (Wildman–Crippen LogP) is 4.49. The monoisotopic (exact) mass is 394 g/mol. The van der Waals surface area contributed by atoms with Crippen LogP contribution in [0.15, 0.2) is 47.5 Å². The van der Waals surface area contributed by atoms with Crippen molar-refractivity contribution in [3.63, 3.8) is 0 Å². The van der Waals surface area contributed by atoms with Crippen LogP contribution in [0.5, 0.6) is 0 Å². The van der Waals surface area contributed by atoms with E-state index in [9.17, 15) is 4.79 Å². The van der Waals surface area contributed by atoms with E-state index in [1.54, 1.807) is 0 Å². The number of amides is 1. The highest BCUT2D eigenvalue weighted by atomic mass is 16.6. The second-order valence-corrected chi connectivity index (χ2v) is 8.30. The van der Waals surface area contributed by atoms with E-state index in [1.807, 2.05) is 45.0 Å². The van der Waals surface area contributed by atoms with Gasteiger partial charge in [0.15, 0.2) is 5.96 Å². The van der Waals surface area contributed by atoms with Crippen molar-refractivity contribution in [2.45, 2.75) is 52.1 Å². The van der Waals surface area contributed by atoms with Crippen molar-refractivity contribution in [3.8, 4) is 0 Å². The highest BCUT2D eigenvalue weighted by Crippen LogP contribution is 2.24. The van der Waals surface area contributed by atoms with Crippen molar-refractivity contribution >= 4 is 23.4 Å². The zero-order chi connectivity index (χ0) is 20.9. The summed E-state index contributed by atoms with van der Waals surface area (Å²) in [6.45, 7) is 6.09. The van der Waals surface area contributed by atoms with Crippen molar-refractivity contribution < 1.29 is 9.53 Å². The molecule has 2 aromatic carbocycles. The number of anilines is 2. The number of hydrogen-bond donors (Lipinski definition) is 3. The van der Waals surface area contributed by atoms with Crippen LogP contribution in [0.4, 0.5) is 16.2 Å². The second kappa shape index (κ2) is 8.99. The first-order valence-corrected chi connectivity index (χ1v) is 10.1. The fraction of sp³-hybridized carbons (Fsp3) is 0.391. The number of carbonyl (C=O) groups is 1. The van der Waals surface area contributed by atoms with Gasteiger partial charge in [-0.1, -0.05) is 18.2 Å². The molecular weight excluding hydrogens is 364 g/mol. The predicted molar refractivity (Wildman–Crippen MR) is 119 cm³/mol. The minimum atomic E-state index is -0.518. The standard InChI is InChI=1S/C23H30N4O2/c1-23(2,3)29-22(28)27-19-10-7-16(8-11-19)13-14-25-21(24)26-20-12-9-17-5-4-6-18(17)15-20/h7-12,15H,4-6,13-14H2,1-3H3,(H,27,28)(H3,24,25,26). The van der Waals surface area contributed by atoms with Gasteiger partial charge in [0.1, 0.15) is 5.60 Å². The Balaban J connectivity index is 1.46. The lowest BCUT2D eigenvalue weighted by Crippen LogP contribution is -2.27.